The van der Waals surface area contributed by atoms with Gasteiger partial charge in [-0.25, -0.2) is 0 Å². The van der Waals surface area contributed by atoms with Gasteiger partial charge in [-0.2, -0.15) is 10.5 Å². The number of hydrogen-bond acceptors (Lipinski definition) is 4. The minimum atomic E-state index is -4.88. The summed E-state index contributed by atoms with van der Waals surface area (Å²) in [5.41, 5.74) is -0.222. The van der Waals surface area contributed by atoms with Crippen LogP contribution in [0.4, 0.5) is 13.2 Å². The van der Waals surface area contributed by atoms with E-state index in [1.807, 2.05) is 0 Å². The van der Waals surface area contributed by atoms with E-state index in [4.69, 9.17) is 10.5 Å². The average Bonchev–Trinajstić information content (AvgIpc) is 2.18. The molecule has 0 saturated carbocycles. The summed E-state index contributed by atoms with van der Waals surface area (Å²) < 4.78 is 39.6. The quantitative estimate of drug-likeness (QED) is 0.773. The first-order chi connectivity index (χ1) is 7.46. The lowest BCUT2D eigenvalue weighted by Crippen LogP contribution is -2.18. The molecular weight excluding hydrogens is 223 g/mol. The lowest BCUT2D eigenvalue weighted by Gasteiger charge is -2.11. The summed E-state index contributed by atoms with van der Waals surface area (Å²) in [5, 5.41) is 16.9. The van der Waals surface area contributed by atoms with Crippen LogP contribution in [0.5, 0.6) is 5.75 Å². The summed E-state index contributed by atoms with van der Waals surface area (Å²) in [6.07, 6.45) is -4.12. The molecule has 0 fully saturated rings. The first-order valence-electron chi connectivity index (χ1n) is 3.98. The highest BCUT2D eigenvalue weighted by Crippen LogP contribution is 2.26. The Bertz CT molecular complexity index is 470. The van der Waals surface area contributed by atoms with Crippen molar-refractivity contribution in [1.82, 2.24) is 4.98 Å². The highest BCUT2D eigenvalue weighted by atomic mass is 19.4. The second-order valence-electron chi connectivity index (χ2n) is 2.66. The molecule has 0 amide bonds. The van der Waals surface area contributed by atoms with Gasteiger partial charge in [-0.15, -0.1) is 13.2 Å². The summed E-state index contributed by atoms with van der Waals surface area (Å²) in [6, 6.07) is 4.18. The van der Waals surface area contributed by atoms with Gasteiger partial charge >= 0.3 is 6.36 Å². The van der Waals surface area contributed by atoms with Crippen LogP contribution in [0.3, 0.4) is 0 Å². The van der Waals surface area contributed by atoms with E-state index in [0.717, 1.165) is 12.3 Å². The Kier molecular flexibility index (Phi) is 3.31. The molecule has 1 aromatic heterocycles. The second-order valence-corrected chi connectivity index (χ2v) is 2.66. The zero-order valence-corrected chi connectivity index (χ0v) is 7.75. The first-order valence-corrected chi connectivity index (χ1v) is 3.98. The van der Waals surface area contributed by atoms with Crippen LogP contribution in [0.25, 0.3) is 0 Å². The summed E-state index contributed by atoms with van der Waals surface area (Å²) in [7, 11) is 0. The van der Waals surface area contributed by atoms with E-state index in [2.05, 4.69) is 9.72 Å². The highest BCUT2D eigenvalue weighted by molar-refractivity contribution is 5.38. The molecule has 82 valence electrons. The van der Waals surface area contributed by atoms with Crippen molar-refractivity contribution in [3.05, 3.63) is 23.5 Å². The first kappa shape index (κ1) is 11.8. The zero-order chi connectivity index (χ0) is 12.2. The van der Waals surface area contributed by atoms with Crippen molar-refractivity contribution in [2.45, 2.75) is 12.8 Å². The fraction of sp³-hybridized carbons (Fsp3) is 0.222. The number of nitrogens with zero attached hydrogens (tertiary/aromatic N) is 3. The van der Waals surface area contributed by atoms with Gasteiger partial charge in [-0.1, -0.05) is 0 Å². The molecule has 4 nitrogen and oxygen atoms in total. The van der Waals surface area contributed by atoms with Crippen LogP contribution >= 0.6 is 0 Å². The lowest BCUT2D eigenvalue weighted by molar-refractivity contribution is -0.275. The highest BCUT2D eigenvalue weighted by Gasteiger charge is 2.32. The number of halogens is 3. The number of nitriles is 2. The van der Waals surface area contributed by atoms with Gasteiger partial charge in [0.1, 0.15) is 6.07 Å². The van der Waals surface area contributed by atoms with E-state index < -0.39 is 12.1 Å². The Morgan fingerprint density at radius 1 is 1.38 bits per heavy atom. The van der Waals surface area contributed by atoms with Crippen molar-refractivity contribution in [2.75, 3.05) is 0 Å². The molecule has 0 unspecified atom stereocenters. The van der Waals surface area contributed by atoms with E-state index in [0.29, 0.717) is 0 Å². The summed E-state index contributed by atoms with van der Waals surface area (Å²) in [5.74, 6) is -0.617. The van der Waals surface area contributed by atoms with Crippen molar-refractivity contribution in [3.8, 4) is 17.9 Å². The van der Waals surface area contributed by atoms with E-state index in [-0.39, 0.29) is 17.7 Å². The molecule has 7 heteroatoms. The van der Waals surface area contributed by atoms with Crippen LogP contribution in [-0.4, -0.2) is 11.3 Å². The van der Waals surface area contributed by atoms with Crippen LogP contribution in [0.1, 0.15) is 11.3 Å². The van der Waals surface area contributed by atoms with Gasteiger partial charge in [0.25, 0.3) is 0 Å². The number of ether oxygens (including phenoxy) is 1. The van der Waals surface area contributed by atoms with Crippen molar-refractivity contribution in [1.29, 1.82) is 10.5 Å². The zero-order valence-electron chi connectivity index (χ0n) is 7.75. The van der Waals surface area contributed by atoms with Gasteiger partial charge < -0.3 is 4.74 Å². The average molecular weight is 227 g/mol. The fourth-order valence-corrected chi connectivity index (χ4v) is 0.955. The van der Waals surface area contributed by atoms with Crippen molar-refractivity contribution in [2.24, 2.45) is 0 Å². The molecule has 0 radical (unpaired) electrons. The molecule has 0 atom stereocenters. The monoisotopic (exact) mass is 227 g/mol. The molecule has 0 spiro atoms. The molecule has 0 bridgehead atoms. The Morgan fingerprint density at radius 3 is 2.56 bits per heavy atom. The molecule has 16 heavy (non-hydrogen) atoms. The number of aromatic nitrogens is 1. The SMILES string of the molecule is N#CCc1ncc(C#N)cc1OC(F)(F)F. The van der Waals surface area contributed by atoms with Crippen LogP contribution < -0.4 is 4.74 Å². The number of pyridine rings is 1. The smallest absolute Gasteiger partial charge is 0.404 e. The largest absolute Gasteiger partial charge is 0.573 e. The normalized spacial score (nSPS) is 10.3. The van der Waals surface area contributed by atoms with Crippen LogP contribution in [0, 0.1) is 22.7 Å². The van der Waals surface area contributed by atoms with E-state index >= 15 is 0 Å². The van der Waals surface area contributed by atoms with Crippen molar-refractivity contribution >= 4 is 0 Å². The maximum absolute atomic E-state index is 12.0. The van der Waals surface area contributed by atoms with E-state index in [9.17, 15) is 13.2 Å². The maximum atomic E-state index is 12.0. The third-order valence-electron chi connectivity index (χ3n) is 1.53. The predicted molar refractivity (Wildman–Crippen MR) is 45.0 cm³/mol. The third-order valence-corrected chi connectivity index (χ3v) is 1.53. The Morgan fingerprint density at radius 2 is 2.06 bits per heavy atom. The molecule has 0 aliphatic heterocycles. The van der Waals surface area contributed by atoms with Gasteiger partial charge in [0, 0.05) is 12.3 Å². The molecule has 1 heterocycles. The van der Waals surface area contributed by atoms with Crippen LogP contribution in [0.2, 0.25) is 0 Å². The predicted octanol–water partition coefficient (Wildman–Crippen LogP) is 1.92. The van der Waals surface area contributed by atoms with Crippen LogP contribution in [-0.2, 0) is 6.42 Å². The second kappa shape index (κ2) is 4.49. The van der Waals surface area contributed by atoms with E-state index in [1.54, 1.807) is 12.1 Å². The third kappa shape index (κ3) is 3.14. The van der Waals surface area contributed by atoms with Gasteiger partial charge in [0.05, 0.1) is 23.7 Å². The minimum absolute atomic E-state index is 0.0686. The molecule has 0 aromatic carbocycles. The minimum Gasteiger partial charge on any atom is -0.404 e. The van der Waals surface area contributed by atoms with Gasteiger partial charge in [0.2, 0.25) is 0 Å². The number of rotatable bonds is 2. The molecular formula is C9H4F3N3O. The lowest BCUT2D eigenvalue weighted by atomic mass is 10.2. The Hall–Kier alpha value is -2.28. The molecule has 1 aromatic rings. The molecule has 0 N–H and O–H groups in total. The molecule has 0 saturated heterocycles. The summed E-state index contributed by atoms with van der Waals surface area (Å²) in [4.78, 5) is 3.55. The summed E-state index contributed by atoms with van der Waals surface area (Å²) in [6.45, 7) is 0. The van der Waals surface area contributed by atoms with Crippen LogP contribution in [0.15, 0.2) is 12.3 Å². The van der Waals surface area contributed by atoms with E-state index in [1.165, 1.54) is 0 Å². The maximum Gasteiger partial charge on any atom is 0.573 e. The topological polar surface area (TPSA) is 69.7 Å². The van der Waals surface area contributed by atoms with Gasteiger partial charge in [-0.05, 0) is 0 Å². The standard InChI is InChI=1S/C9H4F3N3O/c10-9(11,12)16-8-3-6(4-14)5-15-7(8)1-2-13/h3,5H,1H2. The number of alkyl halides is 3. The molecule has 1 rings (SSSR count). The Balaban J connectivity index is 3.12. The Labute approximate surface area is 88.5 Å². The number of hydrogen-bond donors (Lipinski definition) is 0. The van der Waals surface area contributed by atoms with Gasteiger partial charge in [0.15, 0.2) is 5.75 Å². The fourth-order valence-electron chi connectivity index (χ4n) is 0.955. The van der Waals surface area contributed by atoms with Crippen molar-refractivity contribution in [3.63, 3.8) is 0 Å². The molecule has 0 aliphatic carbocycles. The van der Waals surface area contributed by atoms with Gasteiger partial charge in [-0.3, -0.25) is 4.98 Å². The van der Waals surface area contributed by atoms with Crippen molar-refractivity contribution < 1.29 is 17.9 Å². The molecule has 0 aliphatic rings. The summed E-state index contributed by atoms with van der Waals surface area (Å²) >= 11 is 0.